The first-order valence-electron chi connectivity index (χ1n) is 5.43. The smallest absolute Gasteiger partial charge is 0.236 e. The first-order chi connectivity index (χ1) is 7.66. The number of nitrogens with two attached hydrogens (primary N) is 1. The van der Waals surface area contributed by atoms with Gasteiger partial charge >= 0.3 is 0 Å². The van der Waals surface area contributed by atoms with Crippen LogP contribution in [-0.4, -0.2) is 24.6 Å². The Morgan fingerprint density at radius 3 is 3.06 bits per heavy atom. The SMILES string of the molecule is CC(N)C(=O)NC1COc2ccccc2C1. The van der Waals surface area contributed by atoms with E-state index in [1.807, 2.05) is 24.3 Å². The Labute approximate surface area is 94.8 Å². The minimum atomic E-state index is -0.475. The summed E-state index contributed by atoms with van der Waals surface area (Å²) >= 11 is 0. The second-order valence-electron chi connectivity index (χ2n) is 4.12. The molecule has 0 aliphatic carbocycles. The van der Waals surface area contributed by atoms with Gasteiger partial charge in [0.1, 0.15) is 12.4 Å². The largest absolute Gasteiger partial charge is 0.491 e. The van der Waals surface area contributed by atoms with Crippen molar-refractivity contribution in [2.24, 2.45) is 5.73 Å². The Balaban J connectivity index is 2.00. The number of ether oxygens (including phenoxy) is 1. The number of nitrogens with one attached hydrogen (secondary N) is 1. The number of para-hydroxylation sites is 1. The van der Waals surface area contributed by atoms with Crippen LogP contribution >= 0.6 is 0 Å². The fraction of sp³-hybridized carbons (Fsp3) is 0.417. The van der Waals surface area contributed by atoms with Crippen LogP contribution in [-0.2, 0) is 11.2 Å². The van der Waals surface area contributed by atoms with E-state index in [4.69, 9.17) is 10.5 Å². The highest BCUT2D eigenvalue weighted by atomic mass is 16.5. The third-order valence-corrected chi connectivity index (χ3v) is 2.64. The molecule has 1 aromatic rings. The van der Waals surface area contributed by atoms with E-state index in [0.29, 0.717) is 6.61 Å². The predicted octanol–water partition coefficient (Wildman–Crippen LogP) is 0.454. The molecular weight excluding hydrogens is 204 g/mol. The summed E-state index contributed by atoms with van der Waals surface area (Å²) in [6, 6.07) is 7.42. The van der Waals surface area contributed by atoms with Gasteiger partial charge in [0.2, 0.25) is 5.91 Å². The molecule has 2 atom stereocenters. The molecule has 0 bridgehead atoms. The average Bonchev–Trinajstić information content (AvgIpc) is 2.28. The van der Waals surface area contributed by atoms with Gasteiger partial charge in [-0.1, -0.05) is 18.2 Å². The molecule has 0 radical (unpaired) electrons. The van der Waals surface area contributed by atoms with E-state index in [1.165, 1.54) is 0 Å². The molecule has 4 heteroatoms. The minimum absolute atomic E-state index is 0.0217. The molecule has 1 aliphatic heterocycles. The predicted molar refractivity (Wildman–Crippen MR) is 61.2 cm³/mol. The fourth-order valence-electron chi connectivity index (χ4n) is 1.75. The van der Waals surface area contributed by atoms with E-state index in [1.54, 1.807) is 6.92 Å². The second-order valence-corrected chi connectivity index (χ2v) is 4.12. The van der Waals surface area contributed by atoms with Crippen molar-refractivity contribution in [3.63, 3.8) is 0 Å². The van der Waals surface area contributed by atoms with Gasteiger partial charge in [0.25, 0.3) is 0 Å². The molecule has 16 heavy (non-hydrogen) atoms. The number of hydrogen-bond acceptors (Lipinski definition) is 3. The van der Waals surface area contributed by atoms with Crippen LogP contribution < -0.4 is 15.8 Å². The highest BCUT2D eigenvalue weighted by Crippen LogP contribution is 2.23. The van der Waals surface area contributed by atoms with Crippen molar-refractivity contribution >= 4 is 5.91 Å². The molecule has 4 nitrogen and oxygen atoms in total. The van der Waals surface area contributed by atoms with Gasteiger partial charge in [-0.05, 0) is 25.0 Å². The quantitative estimate of drug-likeness (QED) is 0.760. The van der Waals surface area contributed by atoms with Crippen LogP contribution in [0.5, 0.6) is 5.75 Å². The molecule has 86 valence electrons. The van der Waals surface area contributed by atoms with Crippen molar-refractivity contribution in [2.75, 3.05) is 6.61 Å². The van der Waals surface area contributed by atoms with Gasteiger partial charge in [0.15, 0.2) is 0 Å². The second kappa shape index (κ2) is 4.53. The monoisotopic (exact) mass is 220 g/mol. The number of benzene rings is 1. The Hall–Kier alpha value is -1.55. The molecule has 0 fully saturated rings. The zero-order valence-electron chi connectivity index (χ0n) is 9.27. The van der Waals surface area contributed by atoms with Crippen LogP contribution in [0.15, 0.2) is 24.3 Å². The van der Waals surface area contributed by atoms with Crippen molar-refractivity contribution in [2.45, 2.75) is 25.4 Å². The highest BCUT2D eigenvalue weighted by molar-refractivity contribution is 5.81. The molecule has 1 aliphatic rings. The van der Waals surface area contributed by atoms with Gasteiger partial charge in [0.05, 0.1) is 12.1 Å². The van der Waals surface area contributed by atoms with E-state index < -0.39 is 6.04 Å². The normalized spacial score (nSPS) is 20.5. The molecule has 0 aromatic heterocycles. The van der Waals surface area contributed by atoms with Crippen LogP contribution in [0.3, 0.4) is 0 Å². The molecule has 0 spiro atoms. The van der Waals surface area contributed by atoms with Gasteiger partial charge in [-0.15, -0.1) is 0 Å². The van der Waals surface area contributed by atoms with Crippen LogP contribution in [0.1, 0.15) is 12.5 Å². The number of amides is 1. The highest BCUT2D eigenvalue weighted by Gasteiger charge is 2.21. The number of fused-ring (bicyclic) bond motifs is 1. The third kappa shape index (κ3) is 2.33. The zero-order chi connectivity index (χ0) is 11.5. The van der Waals surface area contributed by atoms with E-state index in [0.717, 1.165) is 17.7 Å². The van der Waals surface area contributed by atoms with Crippen LogP contribution in [0, 0.1) is 0 Å². The lowest BCUT2D eigenvalue weighted by Crippen LogP contribution is -2.48. The lowest BCUT2D eigenvalue weighted by Gasteiger charge is -2.26. The maximum atomic E-state index is 11.4. The molecular formula is C12H16N2O2. The summed E-state index contributed by atoms with van der Waals surface area (Å²) < 4.78 is 5.56. The molecule has 1 amide bonds. The van der Waals surface area contributed by atoms with Crippen LogP contribution in [0.25, 0.3) is 0 Å². The fourth-order valence-corrected chi connectivity index (χ4v) is 1.75. The lowest BCUT2D eigenvalue weighted by atomic mass is 10.0. The molecule has 3 N–H and O–H groups in total. The standard InChI is InChI=1S/C12H16N2O2/c1-8(13)12(15)14-10-6-9-4-2-3-5-11(9)16-7-10/h2-5,8,10H,6-7,13H2,1H3,(H,14,15). The van der Waals surface area contributed by atoms with E-state index in [9.17, 15) is 4.79 Å². The Morgan fingerprint density at radius 2 is 2.31 bits per heavy atom. The van der Waals surface area contributed by atoms with Gasteiger partial charge < -0.3 is 15.8 Å². The Bertz CT molecular complexity index is 390. The summed E-state index contributed by atoms with van der Waals surface area (Å²) in [6.07, 6.45) is 0.800. The van der Waals surface area contributed by atoms with Crippen LogP contribution in [0.2, 0.25) is 0 Å². The lowest BCUT2D eigenvalue weighted by molar-refractivity contribution is -0.123. The van der Waals surface area contributed by atoms with E-state index >= 15 is 0 Å². The topological polar surface area (TPSA) is 64.4 Å². The van der Waals surface area contributed by atoms with Crippen molar-refractivity contribution in [1.29, 1.82) is 0 Å². The van der Waals surface area contributed by atoms with Crippen molar-refractivity contribution < 1.29 is 9.53 Å². The molecule has 1 heterocycles. The molecule has 1 aromatic carbocycles. The summed E-state index contributed by atoms with van der Waals surface area (Å²) in [7, 11) is 0. The first-order valence-corrected chi connectivity index (χ1v) is 5.43. The molecule has 0 saturated carbocycles. The maximum Gasteiger partial charge on any atom is 0.236 e. The van der Waals surface area contributed by atoms with Gasteiger partial charge in [-0.2, -0.15) is 0 Å². The number of hydrogen-bond donors (Lipinski definition) is 2. The molecule has 2 unspecified atom stereocenters. The third-order valence-electron chi connectivity index (χ3n) is 2.64. The van der Waals surface area contributed by atoms with Gasteiger partial charge in [-0.25, -0.2) is 0 Å². The van der Waals surface area contributed by atoms with Crippen LogP contribution in [0.4, 0.5) is 0 Å². The molecule has 2 rings (SSSR count). The summed E-state index contributed by atoms with van der Waals surface area (Å²) in [4.78, 5) is 11.4. The van der Waals surface area contributed by atoms with Crippen molar-refractivity contribution in [1.82, 2.24) is 5.32 Å². The van der Waals surface area contributed by atoms with Crippen molar-refractivity contribution in [3.8, 4) is 5.75 Å². The summed E-state index contributed by atoms with van der Waals surface area (Å²) in [5, 5.41) is 2.87. The summed E-state index contributed by atoms with van der Waals surface area (Å²) in [6.45, 7) is 2.18. The summed E-state index contributed by atoms with van der Waals surface area (Å²) in [5.41, 5.74) is 6.62. The Morgan fingerprint density at radius 1 is 1.56 bits per heavy atom. The summed E-state index contributed by atoms with van der Waals surface area (Å²) in [5.74, 6) is 0.779. The number of carbonyl (C=O) groups is 1. The zero-order valence-corrected chi connectivity index (χ0v) is 9.27. The van der Waals surface area contributed by atoms with Gasteiger partial charge in [-0.3, -0.25) is 4.79 Å². The van der Waals surface area contributed by atoms with Crippen molar-refractivity contribution in [3.05, 3.63) is 29.8 Å². The van der Waals surface area contributed by atoms with E-state index in [2.05, 4.69) is 5.32 Å². The number of carbonyl (C=O) groups excluding carboxylic acids is 1. The average molecular weight is 220 g/mol. The Kier molecular flexibility index (Phi) is 3.10. The minimum Gasteiger partial charge on any atom is -0.491 e. The first kappa shape index (κ1) is 11.0. The maximum absolute atomic E-state index is 11.4. The van der Waals surface area contributed by atoms with Gasteiger partial charge in [0, 0.05) is 0 Å². The molecule has 0 saturated heterocycles. The number of rotatable bonds is 2. The van der Waals surface area contributed by atoms with E-state index in [-0.39, 0.29) is 11.9 Å².